The minimum atomic E-state index is 0.0471. The molecule has 16 heavy (non-hydrogen) atoms. The molecule has 0 aromatic carbocycles. The van der Waals surface area contributed by atoms with Crippen LogP contribution < -0.4 is 5.32 Å². The van der Waals surface area contributed by atoms with Crippen molar-refractivity contribution in [3.8, 4) is 0 Å². The summed E-state index contributed by atoms with van der Waals surface area (Å²) < 4.78 is 10.6. The van der Waals surface area contributed by atoms with Gasteiger partial charge in [-0.2, -0.15) is 0 Å². The Morgan fingerprint density at radius 2 is 2.44 bits per heavy atom. The lowest BCUT2D eigenvalue weighted by Crippen LogP contribution is -2.30. The van der Waals surface area contributed by atoms with Crippen molar-refractivity contribution in [2.24, 2.45) is 0 Å². The predicted molar refractivity (Wildman–Crippen MR) is 62.2 cm³/mol. The zero-order chi connectivity index (χ0) is 11.8. The molecule has 4 nitrogen and oxygen atoms in total. The van der Waals surface area contributed by atoms with Crippen molar-refractivity contribution in [3.05, 3.63) is 12.2 Å². The molecule has 1 heterocycles. The quantitative estimate of drug-likeness (QED) is 0.526. The Morgan fingerprint density at radius 3 is 3.06 bits per heavy atom. The molecule has 92 valence electrons. The standard InChI is InChI=1S/C12H21NO3/c1-10(2)9-15-7-5-13-12(14)8-11-4-3-6-16-11/h11H,1,3-9H2,2H3,(H,13,14). The number of rotatable bonds is 7. The van der Waals surface area contributed by atoms with E-state index < -0.39 is 0 Å². The highest BCUT2D eigenvalue weighted by molar-refractivity contribution is 5.76. The fraction of sp³-hybridized carbons (Fsp3) is 0.750. The van der Waals surface area contributed by atoms with Gasteiger partial charge in [-0.25, -0.2) is 0 Å². The summed E-state index contributed by atoms with van der Waals surface area (Å²) in [7, 11) is 0. The zero-order valence-electron chi connectivity index (χ0n) is 9.96. The molecule has 0 bridgehead atoms. The molecular weight excluding hydrogens is 206 g/mol. The van der Waals surface area contributed by atoms with Gasteiger partial charge in [-0.1, -0.05) is 12.2 Å². The molecule has 0 radical (unpaired) electrons. The van der Waals surface area contributed by atoms with Gasteiger partial charge in [-0.3, -0.25) is 4.79 Å². The summed E-state index contributed by atoms with van der Waals surface area (Å²) >= 11 is 0. The third-order valence-corrected chi connectivity index (χ3v) is 2.35. The molecule has 0 aromatic rings. The Balaban J connectivity index is 1.95. The highest BCUT2D eigenvalue weighted by atomic mass is 16.5. The maximum atomic E-state index is 11.4. The number of carbonyl (C=O) groups is 1. The zero-order valence-corrected chi connectivity index (χ0v) is 9.96. The van der Waals surface area contributed by atoms with E-state index in [1.165, 1.54) is 0 Å². The van der Waals surface area contributed by atoms with Crippen molar-refractivity contribution < 1.29 is 14.3 Å². The molecule has 0 saturated carbocycles. The van der Waals surface area contributed by atoms with Crippen molar-refractivity contribution >= 4 is 5.91 Å². The van der Waals surface area contributed by atoms with Crippen LogP contribution in [0, 0.1) is 0 Å². The smallest absolute Gasteiger partial charge is 0.222 e. The summed E-state index contributed by atoms with van der Waals surface area (Å²) in [5.74, 6) is 0.0471. The van der Waals surface area contributed by atoms with Gasteiger partial charge in [0.1, 0.15) is 0 Å². The molecular formula is C12H21NO3. The SMILES string of the molecule is C=C(C)COCCNC(=O)CC1CCCO1. The van der Waals surface area contributed by atoms with Crippen LogP contribution in [0.1, 0.15) is 26.2 Å². The Hall–Kier alpha value is -0.870. The van der Waals surface area contributed by atoms with E-state index in [4.69, 9.17) is 9.47 Å². The van der Waals surface area contributed by atoms with Gasteiger partial charge in [0, 0.05) is 13.2 Å². The maximum absolute atomic E-state index is 11.4. The lowest BCUT2D eigenvalue weighted by molar-refractivity contribution is -0.123. The third kappa shape index (κ3) is 5.88. The molecule has 1 N–H and O–H groups in total. The van der Waals surface area contributed by atoms with Crippen molar-refractivity contribution in [3.63, 3.8) is 0 Å². The number of ether oxygens (including phenoxy) is 2. The highest BCUT2D eigenvalue weighted by Gasteiger charge is 2.18. The number of nitrogens with one attached hydrogen (secondary N) is 1. The van der Waals surface area contributed by atoms with Crippen LogP contribution in [0.2, 0.25) is 0 Å². The van der Waals surface area contributed by atoms with Crippen LogP contribution >= 0.6 is 0 Å². The molecule has 1 saturated heterocycles. The average molecular weight is 227 g/mol. The van der Waals surface area contributed by atoms with Gasteiger partial charge in [-0.05, 0) is 19.8 Å². The second-order valence-corrected chi connectivity index (χ2v) is 4.20. The normalized spacial score (nSPS) is 19.7. The van der Waals surface area contributed by atoms with Crippen molar-refractivity contribution in [2.45, 2.75) is 32.3 Å². The predicted octanol–water partition coefficient (Wildman–Crippen LogP) is 1.26. The first-order chi connectivity index (χ1) is 7.68. The van der Waals surface area contributed by atoms with E-state index in [0.29, 0.717) is 26.2 Å². The van der Waals surface area contributed by atoms with E-state index in [-0.39, 0.29) is 12.0 Å². The van der Waals surface area contributed by atoms with Crippen molar-refractivity contribution in [2.75, 3.05) is 26.4 Å². The second kappa shape index (κ2) is 7.41. The van der Waals surface area contributed by atoms with Crippen LogP contribution in [0.3, 0.4) is 0 Å². The fourth-order valence-corrected chi connectivity index (χ4v) is 1.59. The third-order valence-electron chi connectivity index (χ3n) is 2.35. The van der Waals surface area contributed by atoms with E-state index in [0.717, 1.165) is 25.0 Å². The molecule has 1 rings (SSSR count). The summed E-state index contributed by atoms with van der Waals surface area (Å²) in [6.45, 7) is 8.07. The molecule has 1 aliphatic rings. The lowest BCUT2D eigenvalue weighted by atomic mass is 10.2. The van der Waals surface area contributed by atoms with Crippen LogP contribution in [0.15, 0.2) is 12.2 Å². The fourth-order valence-electron chi connectivity index (χ4n) is 1.59. The van der Waals surface area contributed by atoms with E-state index in [1.807, 2.05) is 6.92 Å². The number of hydrogen-bond acceptors (Lipinski definition) is 3. The second-order valence-electron chi connectivity index (χ2n) is 4.20. The van der Waals surface area contributed by atoms with E-state index in [1.54, 1.807) is 0 Å². The van der Waals surface area contributed by atoms with E-state index in [9.17, 15) is 4.79 Å². The molecule has 1 fully saturated rings. The summed E-state index contributed by atoms with van der Waals surface area (Å²) in [5.41, 5.74) is 0.991. The van der Waals surface area contributed by atoms with Crippen molar-refractivity contribution in [1.82, 2.24) is 5.32 Å². The molecule has 0 aliphatic carbocycles. The van der Waals surface area contributed by atoms with Gasteiger partial charge in [0.05, 0.1) is 25.7 Å². The van der Waals surface area contributed by atoms with E-state index >= 15 is 0 Å². The summed E-state index contributed by atoms with van der Waals surface area (Å²) in [5, 5.41) is 2.81. The van der Waals surface area contributed by atoms with Gasteiger partial charge in [0.2, 0.25) is 5.91 Å². The highest BCUT2D eigenvalue weighted by Crippen LogP contribution is 2.14. The van der Waals surface area contributed by atoms with Gasteiger partial charge in [0.15, 0.2) is 0 Å². The van der Waals surface area contributed by atoms with Crippen LogP contribution in [0.25, 0.3) is 0 Å². The summed E-state index contributed by atoms with van der Waals surface area (Å²) in [6, 6.07) is 0. The van der Waals surface area contributed by atoms with Gasteiger partial charge >= 0.3 is 0 Å². The Kier molecular flexibility index (Phi) is 6.11. The van der Waals surface area contributed by atoms with Crippen LogP contribution in [0.4, 0.5) is 0 Å². The average Bonchev–Trinajstić information content (AvgIpc) is 2.69. The van der Waals surface area contributed by atoms with Crippen molar-refractivity contribution in [1.29, 1.82) is 0 Å². The molecule has 0 spiro atoms. The Morgan fingerprint density at radius 1 is 1.62 bits per heavy atom. The largest absolute Gasteiger partial charge is 0.378 e. The maximum Gasteiger partial charge on any atom is 0.222 e. The van der Waals surface area contributed by atoms with Crippen LogP contribution in [-0.2, 0) is 14.3 Å². The summed E-state index contributed by atoms with van der Waals surface area (Å²) in [4.78, 5) is 11.4. The molecule has 1 amide bonds. The minimum absolute atomic E-state index is 0.0471. The molecule has 1 aliphatic heterocycles. The Bertz CT molecular complexity index is 234. The molecule has 0 aromatic heterocycles. The number of carbonyl (C=O) groups excluding carboxylic acids is 1. The molecule has 4 heteroatoms. The Labute approximate surface area is 97.0 Å². The number of amides is 1. The first-order valence-electron chi connectivity index (χ1n) is 5.79. The summed E-state index contributed by atoms with van der Waals surface area (Å²) in [6.07, 6.45) is 2.66. The van der Waals surface area contributed by atoms with Gasteiger partial charge in [0.25, 0.3) is 0 Å². The monoisotopic (exact) mass is 227 g/mol. The first-order valence-corrected chi connectivity index (χ1v) is 5.79. The van der Waals surface area contributed by atoms with Gasteiger partial charge < -0.3 is 14.8 Å². The van der Waals surface area contributed by atoms with Gasteiger partial charge in [-0.15, -0.1) is 0 Å². The first kappa shape index (κ1) is 13.2. The lowest BCUT2D eigenvalue weighted by Gasteiger charge is -2.09. The number of hydrogen-bond donors (Lipinski definition) is 1. The molecule has 1 unspecified atom stereocenters. The van der Waals surface area contributed by atoms with E-state index in [2.05, 4.69) is 11.9 Å². The topological polar surface area (TPSA) is 47.6 Å². The van der Waals surface area contributed by atoms with Crippen LogP contribution in [-0.4, -0.2) is 38.4 Å². The molecule has 1 atom stereocenters. The minimum Gasteiger partial charge on any atom is -0.378 e. The van der Waals surface area contributed by atoms with Crippen LogP contribution in [0.5, 0.6) is 0 Å².